The van der Waals surface area contributed by atoms with E-state index in [1.54, 1.807) is 24.9 Å². The van der Waals surface area contributed by atoms with E-state index in [9.17, 15) is 4.39 Å². The summed E-state index contributed by atoms with van der Waals surface area (Å²) in [6.45, 7) is 3.90. The van der Waals surface area contributed by atoms with Crippen molar-refractivity contribution in [1.82, 2.24) is 15.5 Å². The third-order valence-corrected chi connectivity index (χ3v) is 4.78. The minimum Gasteiger partial charge on any atom is -0.356 e. The quantitative estimate of drug-likeness (QED) is 0.384. The van der Waals surface area contributed by atoms with Crippen LogP contribution in [0.5, 0.6) is 0 Å². The molecule has 4 nitrogen and oxygen atoms in total. The fourth-order valence-electron chi connectivity index (χ4n) is 2.89. The van der Waals surface area contributed by atoms with Crippen molar-refractivity contribution in [2.75, 3.05) is 40.0 Å². The number of likely N-dealkylation sites (tertiary alicyclic amines) is 1. The molecule has 1 heterocycles. The second kappa shape index (κ2) is 11.1. The Morgan fingerprint density at radius 1 is 1.38 bits per heavy atom. The van der Waals surface area contributed by atoms with Crippen LogP contribution in [0.25, 0.3) is 0 Å². The third-order valence-electron chi connectivity index (χ3n) is 4.19. The zero-order valence-electron chi connectivity index (χ0n) is 14.6. The largest absolute Gasteiger partial charge is 0.356 e. The maximum absolute atomic E-state index is 13.4. The van der Waals surface area contributed by atoms with Crippen LogP contribution in [-0.2, 0) is 12.3 Å². The average molecular weight is 466 g/mol. The lowest BCUT2D eigenvalue weighted by Crippen LogP contribution is -2.40. The van der Waals surface area contributed by atoms with Crippen LogP contribution in [0.15, 0.2) is 23.2 Å². The van der Waals surface area contributed by atoms with Crippen molar-refractivity contribution in [3.63, 3.8) is 0 Å². The highest BCUT2D eigenvalue weighted by Gasteiger charge is 2.19. The Hall–Kier alpha value is -0.540. The van der Waals surface area contributed by atoms with E-state index in [2.05, 4.69) is 27.6 Å². The lowest BCUT2D eigenvalue weighted by atomic mass is 10.1. The zero-order chi connectivity index (χ0) is 16.7. The van der Waals surface area contributed by atoms with Crippen LogP contribution in [0, 0.1) is 11.7 Å². The summed E-state index contributed by atoms with van der Waals surface area (Å²) in [7, 11) is 3.94. The molecule has 1 saturated heterocycles. The Balaban J connectivity index is 0.00000288. The summed E-state index contributed by atoms with van der Waals surface area (Å²) in [5.74, 6) is 2.12. The van der Waals surface area contributed by atoms with Crippen LogP contribution >= 0.6 is 35.7 Å². The first-order valence-corrected chi connectivity index (χ1v) is 9.41. The molecule has 1 unspecified atom stereocenters. The summed E-state index contributed by atoms with van der Waals surface area (Å²) < 4.78 is 13.4. The van der Waals surface area contributed by atoms with Gasteiger partial charge in [0.05, 0.1) is 0 Å². The van der Waals surface area contributed by atoms with E-state index < -0.39 is 0 Å². The van der Waals surface area contributed by atoms with E-state index in [4.69, 9.17) is 0 Å². The normalized spacial score (nSPS) is 18.3. The fourth-order valence-corrected chi connectivity index (χ4v) is 3.47. The van der Waals surface area contributed by atoms with Crippen LogP contribution in [0.2, 0.25) is 0 Å². The van der Waals surface area contributed by atoms with E-state index in [1.807, 2.05) is 12.3 Å². The molecule has 0 saturated carbocycles. The standard InChI is InChI=1S/C17H27FN4S.HI/c1-19-17(20-9-13-6-7-22(2)11-13)21-10-14-4-5-16(18)8-15(14)12-23-3;/h4-5,8,13H,6-7,9-12H2,1-3H3,(H2,19,20,21);1H. The maximum Gasteiger partial charge on any atom is 0.191 e. The van der Waals surface area contributed by atoms with E-state index in [1.165, 1.54) is 19.0 Å². The Bertz CT molecular complexity index is 541. The third kappa shape index (κ3) is 6.76. The molecule has 1 aliphatic heterocycles. The molecule has 1 aliphatic rings. The van der Waals surface area contributed by atoms with Gasteiger partial charge in [0.25, 0.3) is 0 Å². The molecule has 0 spiro atoms. The van der Waals surface area contributed by atoms with Gasteiger partial charge in [-0.1, -0.05) is 6.07 Å². The summed E-state index contributed by atoms with van der Waals surface area (Å²) >= 11 is 1.70. The van der Waals surface area contributed by atoms with Crippen LogP contribution < -0.4 is 10.6 Å². The minimum absolute atomic E-state index is 0. The van der Waals surface area contributed by atoms with Crippen LogP contribution in [0.3, 0.4) is 0 Å². The van der Waals surface area contributed by atoms with Crippen LogP contribution in [-0.4, -0.2) is 50.8 Å². The number of nitrogens with one attached hydrogen (secondary N) is 2. The predicted molar refractivity (Wildman–Crippen MR) is 113 cm³/mol. The van der Waals surface area contributed by atoms with Crippen molar-refractivity contribution in [1.29, 1.82) is 0 Å². The Morgan fingerprint density at radius 2 is 2.17 bits per heavy atom. The van der Waals surface area contributed by atoms with Gasteiger partial charge in [0, 0.05) is 32.4 Å². The highest BCUT2D eigenvalue weighted by atomic mass is 127. The number of halogens is 2. The van der Waals surface area contributed by atoms with E-state index in [0.717, 1.165) is 35.9 Å². The first kappa shape index (κ1) is 21.5. The summed E-state index contributed by atoms with van der Waals surface area (Å²) in [6, 6.07) is 5.00. The second-order valence-corrected chi connectivity index (χ2v) is 6.94. The van der Waals surface area contributed by atoms with Crippen molar-refractivity contribution in [3.05, 3.63) is 35.1 Å². The Kier molecular flexibility index (Phi) is 9.99. The van der Waals surface area contributed by atoms with E-state index in [-0.39, 0.29) is 29.8 Å². The number of benzene rings is 1. The smallest absolute Gasteiger partial charge is 0.191 e. The van der Waals surface area contributed by atoms with Gasteiger partial charge in [-0.3, -0.25) is 4.99 Å². The first-order valence-electron chi connectivity index (χ1n) is 8.01. The van der Waals surface area contributed by atoms with Gasteiger partial charge in [-0.05, 0) is 55.4 Å². The molecule has 2 rings (SSSR count). The summed E-state index contributed by atoms with van der Waals surface area (Å²) in [5.41, 5.74) is 2.15. The lowest BCUT2D eigenvalue weighted by molar-refractivity contribution is 0.394. The van der Waals surface area contributed by atoms with Crippen molar-refractivity contribution in [2.45, 2.75) is 18.7 Å². The van der Waals surface area contributed by atoms with E-state index in [0.29, 0.717) is 12.5 Å². The van der Waals surface area contributed by atoms with Crippen LogP contribution in [0.4, 0.5) is 4.39 Å². The highest BCUT2D eigenvalue weighted by Crippen LogP contribution is 2.16. The fraction of sp³-hybridized carbons (Fsp3) is 0.588. The van der Waals surface area contributed by atoms with Gasteiger partial charge in [-0.2, -0.15) is 11.8 Å². The average Bonchev–Trinajstić information content (AvgIpc) is 2.95. The molecule has 136 valence electrons. The number of aliphatic imine (C=N–C) groups is 1. The minimum atomic E-state index is -0.175. The molecule has 24 heavy (non-hydrogen) atoms. The maximum atomic E-state index is 13.4. The number of thioether (sulfide) groups is 1. The summed E-state index contributed by atoms with van der Waals surface area (Å²) in [6.07, 6.45) is 3.26. The molecule has 0 amide bonds. The highest BCUT2D eigenvalue weighted by molar-refractivity contribution is 14.0. The molecule has 1 atom stereocenters. The molecule has 0 radical (unpaired) electrons. The van der Waals surface area contributed by atoms with Gasteiger partial charge >= 0.3 is 0 Å². The van der Waals surface area contributed by atoms with Crippen molar-refractivity contribution in [3.8, 4) is 0 Å². The summed E-state index contributed by atoms with van der Waals surface area (Å²) in [4.78, 5) is 6.63. The molecule has 0 aliphatic carbocycles. The molecule has 1 aromatic carbocycles. The number of hydrogen-bond donors (Lipinski definition) is 2. The van der Waals surface area contributed by atoms with Gasteiger partial charge in [0.2, 0.25) is 0 Å². The molecule has 7 heteroatoms. The molecule has 2 N–H and O–H groups in total. The number of guanidine groups is 1. The SMILES string of the molecule is CN=C(NCc1ccc(F)cc1CSC)NCC1CCN(C)C1.I. The van der Waals surface area contributed by atoms with Gasteiger partial charge in [0.1, 0.15) is 5.82 Å². The van der Waals surface area contributed by atoms with Crippen molar-refractivity contribution < 1.29 is 4.39 Å². The first-order chi connectivity index (χ1) is 11.1. The molecular weight excluding hydrogens is 438 g/mol. The van der Waals surface area contributed by atoms with Gasteiger partial charge in [0.15, 0.2) is 5.96 Å². The predicted octanol–water partition coefficient (Wildman–Crippen LogP) is 2.92. The van der Waals surface area contributed by atoms with Gasteiger partial charge in [-0.25, -0.2) is 4.39 Å². The number of rotatable bonds is 6. The van der Waals surface area contributed by atoms with Crippen molar-refractivity contribution >= 4 is 41.7 Å². The summed E-state index contributed by atoms with van der Waals surface area (Å²) in [5, 5.41) is 6.73. The molecule has 0 bridgehead atoms. The monoisotopic (exact) mass is 466 g/mol. The number of hydrogen-bond acceptors (Lipinski definition) is 3. The Morgan fingerprint density at radius 3 is 2.79 bits per heavy atom. The van der Waals surface area contributed by atoms with Gasteiger partial charge < -0.3 is 15.5 Å². The molecule has 0 aromatic heterocycles. The molecule has 1 aromatic rings. The van der Waals surface area contributed by atoms with Gasteiger partial charge in [-0.15, -0.1) is 24.0 Å². The second-order valence-electron chi connectivity index (χ2n) is 6.07. The molecular formula is C17H28FIN4S. The number of nitrogens with zero attached hydrogens (tertiary/aromatic N) is 2. The topological polar surface area (TPSA) is 39.7 Å². The molecule has 1 fully saturated rings. The Labute approximate surface area is 166 Å². The zero-order valence-corrected chi connectivity index (χ0v) is 17.8. The van der Waals surface area contributed by atoms with E-state index >= 15 is 0 Å². The lowest BCUT2D eigenvalue weighted by Gasteiger charge is -2.16. The van der Waals surface area contributed by atoms with Crippen molar-refractivity contribution in [2.24, 2.45) is 10.9 Å². The van der Waals surface area contributed by atoms with Crippen LogP contribution in [0.1, 0.15) is 17.5 Å².